The molecule has 0 N–H and O–H groups in total. The van der Waals surface area contributed by atoms with Crippen LogP contribution in [-0.4, -0.2) is 20.3 Å². The zero-order valence-electron chi connectivity index (χ0n) is 7.63. The molecule has 0 saturated carbocycles. The summed E-state index contributed by atoms with van der Waals surface area (Å²) in [6.45, 7) is 8.97. The molecule has 0 radical (unpaired) electrons. The largest absolute Gasteiger partial charge is 0.464 e. The van der Waals surface area contributed by atoms with Gasteiger partial charge in [-0.3, -0.25) is 4.79 Å². The minimum atomic E-state index is -1.37. The maximum atomic E-state index is 10.1. The molecule has 0 aliphatic heterocycles. The van der Waals surface area contributed by atoms with Crippen LogP contribution in [0.5, 0.6) is 0 Å². The fraction of sp³-hybridized carbons (Fsp3) is 0.625. The molecule has 0 heterocycles. The Labute approximate surface area is 69.3 Å². The molecule has 0 saturated heterocycles. The van der Waals surface area contributed by atoms with Gasteiger partial charge in [0.2, 0.25) is 0 Å². The number of allylic oxidation sites excluding steroid dienone is 1. The number of hydrogen-bond donors (Lipinski definition) is 0. The van der Waals surface area contributed by atoms with Crippen LogP contribution in [0.25, 0.3) is 0 Å². The SMILES string of the molecule is CC=CC(OC=O)[Si](C)(C)C. The third-order valence-electron chi connectivity index (χ3n) is 1.42. The standard InChI is InChI=1S/C8H16O2Si/c1-5-6-8(10-7-9)11(2,3)4/h5-8H,1-4H3. The Bertz CT molecular complexity index is 147. The molecule has 1 atom stereocenters. The zero-order chi connectivity index (χ0) is 8.91. The Morgan fingerprint density at radius 2 is 1.91 bits per heavy atom. The second kappa shape index (κ2) is 4.33. The summed E-state index contributed by atoms with van der Waals surface area (Å²) in [7, 11) is -1.37. The zero-order valence-corrected chi connectivity index (χ0v) is 8.63. The van der Waals surface area contributed by atoms with Gasteiger partial charge in [0.05, 0.1) is 8.07 Å². The van der Waals surface area contributed by atoms with Gasteiger partial charge in [-0.2, -0.15) is 0 Å². The topological polar surface area (TPSA) is 26.3 Å². The molecule has 0 aromatic carbocycles. The summed E-state index contributed by atoms with van der Waals surface area (Å²) >= 11 is 0. The molecule has 0 aromatic heterocycles. The number of carbonyl (C=O) groups excluding carboxylic acids is 1. The van der Waals surface area contributed by atoms with Crippen molar-refractivity contribution in [3.8, 4) is 0 Å². The average Bonchev–Trinajstić information content (AvgIpc) is 1.85. The summed E-state index contributed by atoms with van der Waals surface area (Å²) in [6.07, 6.45) is 3.87. The lowest BCUT2D eigenvalue weighted by molar-refractivity contribution is -0.129. The second-order valence-corrected chi connectivity index (χ2v) is 8.85. The van der Waals surface area contributed by atoms with Crippen molar-refractivity contribution in [1.29, 1.82) is 0 Å². The highest BCUT2D eigenvalue weighted by atomic mass is 28.3. The Balaban J connectivity index is 4.20. The van der Waals surface area contributed by atoms with Crippen molar-refractivity contribution < 1.29 is 9.53 Å². The predicted molar refractivity (Wildman–Crippen MR) is 49.1 cm³/mol. The van der Waals surface area contributed by atoms with Crippen molar-refractivity contribution in [2.24, 2.45) is 0 Å². The average molecular weight is 172 g/mol. The molecule has 0 aliphatic rings. The van der Waals surface area contributed by atoms with Crippen LogP contribution in [0.4, 0.5) is 0 Å². The van der Waals surface area contributed by atoms with Gasteiger partial charge in [0.15, 0.2) is 0 Å². The molecular weight excluding hydrogens is 156 g/mol. The molecule has 0 bridgehead atoms. The van der Waals surface area contributed by atoms with Crippen LogP contribution < -0.4 is 0 Å². The van der Waals surface area contributed by atoms with Crippen molar-refractivity contribution >= 4 is 14.5 Å². The number of hydrogen-bond acceptors (Lipinski definition) is 2. The first-order valence-electron chi connectivity index (χ1n) is 3.74. The normalized spacial score (nSPS) is 14.9. The van der Waals surface area contributed by atoms with Gasteiger partial charge in [-0.25, -0.2) is 0 Å². The highest BCUT2D eigenvalue weighted by Gasteiger charge is 2.25. The lowest BCUT2D eigenvalue weighted by atomic mass is 10.5. The van der Waals surface area contributed by atoms with Crippen LogP contribution >= 0.6 is 0 Å². The first-order chi connectivity index (χ1) is 5.02. The Morgan fingerprint density at radius 3 is 2.18 bits per heavy atom. The quantitative estimate of drug-likeness (QED) is 0.368. The highest BCUT2D eigenvalue weighted by molar-refractivity contribution is 6.77. The van der Waals surface area contributed by atoms with E-state index in [-0.39, 0.29) is 5.73 Å². The van der Waals surface area contributed by atoms with E-state index in [1.165, 1.54) is 0 Å². The minimum absolute atomic E-state index is 0.0185. The Kier molecular flexibility index (Phi) is 4.11. The van der Waals surface area contributed by atoms with Gasteiger partial charge in [-0.05, 0) is 6.92 Å². The van der Waals surface area contributed by atoms with E-state index < -0.39 is 8.07 Å². The van der Waals surface area contributed by atoms with Crippen LogP contribution in [0.3, 0.4) is 0 Å². The molecule has 0 spiro atoms. The minimum Gasteiger partial charge on any atom is -0.464 e. The van der Waals surface area contributed by atoms with E-state index >= 15 is 0 Å². The third kappa shape index (κ3) is 3.98. The van der Waals surface area contributed by atoms with Gasteiger partial charge >= 0.3 is 0 Å². The van der Waals surface area contributed by atoms with Crippen LogP contribution in [0.1, 0.15) is 6.92 Å². The molecule has 0 fully saturated rings. The molecule has 0 rings (SSSR count). The van der Waals surface area contributed by atoms with E-state index in [1.807, 2.05) is 19.1 Å². The maximum Gasteiger partial charge on any atom is 0.293 e. The summed E-state index contributed by atoms with van der Waals surface area (Å²) in [4.78, 5) is 10.1. The second-order valence-electron chi connectivity index (χ2n) is 3.54. The van der Waals surface area contributed by atoms with E-state index in [0.717, 1.165) is 0 Å². The molecular formula is C8H16O2Si. The van der Waals surface area contributed by atoms with Crippen molar-refractivity contribution in [3.63, 3.8) is 0 Å². The van der Waals surface area contributed by atoms with E-state index in [4.69, 9.17) is 4.74 Å². The van der Waals surface area contributed by atoms with Crippen molar-refractivity contribution in [2.45, 2.75) is 32.3 Å². The summed E-state index contributed by atoms with van der Waals surface area (Å²) in [5.41, 5.74) is 0.0185. The van der Waals surface area contributed by atoms with Gasteiger partial charge in [0, 0.05) is 0 Å². The molecule has 3 heteroatoms. The summed E-state index contributed by atoms with van der Waals surface area (Å²) in [5, 5.41) is 0. The van der Waals surface area contributed by atoms with Crippen LogP contribution in [-0.2, 0) is 9.53 Å². The molecule has 0 amide bonds. The third-order valence-corrected chi connectivity index (χ3v) is 3.46. The fourth-order valence-corrected chi connectivity index (χ4v) is 2.01. The number of ether oxygens (including phenoxy) is 1. The monoisotopic (exact) mass is 172 g/mol. The van der Waals surface area contributed by atoms with Crippen molar-refractivity contribution in [3.05, 3.63) is 12.2 Å². The van der Waals surface area contributed by atoms with Gasteiger partial charge in [0.25, 0.3) is 6.47 Å². The van der Waals surface area contributed by atoms with Crippen LogP contribution in [0.2, 0.25) is 19.6 Å². The van der Waals surface area contributed by atoms with E-state index in [2.05, 4.69) is 19.6 Å². The predicted octanol–water partition coefficient (Wildman–Crippen LogP) is 1.98. The van der Waals surface area contributed by atoms with Crippen LogP contribution in [0, 0.1) is 0 Å². The van der Waals surface area contributed by atoms with E-state index in [9.17, 15) is 4.79 Å². The summed E-state index contributed by atoms with van der Waals surface area (Å²) in [6, 6.07) is 0. The molecule has 64 valence electrons. The van der Waals surface area contributed by atoms with E-state index in [1.54, 1.807) is 0 Å². The van der Waals surface area contributed by atoms with Gasteiger partial charge < -0.3 is 4.74 Å². The lowest BCUT2D eigenvalue weighted by Gasteiger charge is -2.23. The maximum absolute atomic E-state index is 10.1. The smallest absolute Gasteiger partial charge is 0.293 e. The van der Waals surface area contributed by atoms with Gasteiger partial charge in [-0.1, -0.05) is 31.8 Å². The van der Waals surface area contributed by atoms with Crippen LogP contribution in [0.15, 0.2) is 12.2 Å². The molecule has 0 aromatic rings. The summed E-state index contributed by atoms with van der Waals surface area (Å²) < 4.78 is 4.94. The molecule has 2 nitrogen and oxygen atoms in total. The molecule has 11 heavy (non-hydrogen) atoms. The lowest BCUT2D eigenvalue weighted by Crippen LogP contribution is -2.38. The van der Waals surface area contributed by atoms with Crippen molar-refractivity contribution in [2.75, 3.05) is 0 Å². The number of carbonyl (C=O) groups is 1. The first-order valence-corrected chi connectivity index (χ1v) is 7.32. The highest BCUT2D eigenvalue weighted by Crippen LogP contribution is 2.11. The molecule has 0 aliphatic carbocycles. The molecule has 1 unspecified atom stereocenters. The van der Waals surface area contributed by atoms with E-state index in [0.29, 0.717) is 6.47 Å². The fourth-order valence-electron chi connectivity index (χ4n) is 0.773. The van der Waals surface area contributed by atoms with Gasteiger partial charge in [0.1, 0.15) is 5.73 Å². The summed E-state index contributed by atoms with van der Waals surface area (Å²) in [5.74, 6) is 0. The van der Waals surface area contributed by atoms with Crippen molar-refractivity contribution in [1.82, 2.24) is 0 Å². The Hall–Kier alpha value is -0.573. The first kappa shape index (κ1) is 10.4. The Morgan fingerprint density at radius 1 is 1.36 bits per heavy atom. The van der Waals surface area contributed by atoms with Gasteiger partial charge in [-0.15, -0.1) is 0 Å². The number of rotatable bonds is 4.